The predicted octanol–water partition coefficient (Wildman–Crippen LogP) is 1.47. The van der Waals surface area contributed by atoms with Crippen molar-refractivity contribution in [2.45, 2.75) is 18.4 Å². The van der Waals surface area contributed by atoms with E-state index in [0.29, 0.717) is 11.6 Å². The molecule has 1 N–H and O–H groups in total. The predicted molar refractivity (Wildman–Crippen MR) is 81.5 cm³/mol. The molecular formula is C14H17FN4O2S. The number of hydrogen-bond donors (Lipinski definition) is 1. The van der Waals surface area contributed by atoms with E-state index in [1.165, 1.54) is 18.2 Å². The number of nitrogens with one attached hydrogen (secondary N) is 1. The van der Waals surface area contributed by atoms with E-state index < -0.39 is 15.8 Å². The lowest BCUT2D eigenvalue weighted by Gasteiger charge is -2.13. The minimum absolute atomic E-state index is 0.0681. The van der Waals surface area contributed by atoms with Crippen LogP contribution in [0.2, 0.25) is 0 Å². The Morgan fingerprint density at radius 1 is 1.23 bits per heavy atom. The van der Waals surface area contributed by atoms with Crippen LogP contribution in [0.1, 0.15) is 11.5 Å². The van der Waals surface area contributed by atoms with Gasteiger partial charge in [-0.25, -0.2) is 27.5 Å². The molecule has 0 radical (unpaired) electrons. The number of sulfonamides is 1. The third-order valence-electron chi connectivity index (χ3n) is 2.87. The molecule has 0 bridgehead atoms. The van der Waals surface area contributed by atoms with E-state index in [9.17, 15) is 12.8 Å². The first-order valence-electron chi connectivity index (χ1n) is 6.55. The summed E-state index contributed by atoms with van der Waals surface area (Å²) >= 11 is 0. The molecule has 0 saturated carbocycles. The van der Waals surface area contributed by atoms with Crippen molar-refractivity contribution in [1.29, 1.82) is 0 Å². The van der Waals surface area contributed by atoms with Crippen molar-refractivity contribution in [3.63, 3.8) is 0 Å². The van der Waals surface area contributed by atoms with E-state index in [1.54, 1.807) is 17.9 Å². The number of aromatic nitrogens is 2. The monoisotopic (exact) mass is 324 g/mol. The summed E-state index contributed by atoms with van der Waals surface area (Å²) in [5, 5.41) is 0. The minimum atomic E-state index is -3.81. The van der Waals surface area contributed by atoms with Crippen molar-refractivity contribution in [3.05, 3.63) is 47.7 Å². The SMILES string of the molecule is Cc1cc(N(C)C)nc(CNS(=O)(=O)c2cccc(F)c2)n1. The second-order valence-electron chi connectivity index (χ2n) is 4.96. The van der Waals surface area contributed by atoms with E-state index in [4.69, 9.17) is 0 Å². The lowest BCUT2D eigenvalue weighted by Crippen LogP contribution is -2.25. The van der Waals surface area contributed by atoms with Crippen LogP contribution >= 0.6 is 0 Å². The average molecular weight is 324 g/mol. The Hall–Kier alpha value is -2.06. The van der Waals surface area contributed by atoms with Crippen LogP contribution in [0.15, 0.2) is 35.2 Å². The normalized spacial score (nSPS) is 11.5. The van der Waals surface area contributed by atoms with Crippen molar-refractivity contribution in [2.75, 3.05) is 19.0 Å². The van der Waals surface area contributed by atoms with E-state index in [2.05, 4.69) is 14.7 Å². The summed E-state index contributed by atoms with van der Waals surface area (Å²) in [6, 6.07) is 6.62. The van der Waals surface area contributed by atoms with Gasteiger partial charge in [0.05, 0.1) is 11.4 Å². The highest BCUT2D eigenvalue weighted by Crippen LogP contribution is 2.12. The Morgan fingerprint density at radius 3 is 2.59 bits per heavy atom. The van der Waals surface area contributed by atoms with Gasteiger partial charge in [0, 0.05) is 25.9 Å². The molecule has 118 valence electrons. The van der Waals surface area contributed by atoms with Gasteiger partial charge in [0.1, 0.15) is 17.5 Å². The molecule has 0 aliphatic heterocycles. The van der Waals surface area contributed by atoms with Gasteiger partial charge in [-0.2, -0.15) is 0 Å². The zero-order valence-electron chi connectivity index (χ0n) is 12.5. The number of anilines is 1. The molecule has 1 aromatic carbocycles. The van der Waals surface area contributed by atoms with Crippen LogP contribution in [0.25, 0.3) is 0 Å². The van der Waals surface area contributed by atoms with Crippen molar-refractivity contribution < 1.29 is 12.8 Å². The molecule has 0 unspecified atom stereocenters. The van der Waals surface area contributed by atoms with Gasteiger partial charge in [0.2, 0.25) is 10.0 Å². The van der Waals surface area contributed by atoms with Crippen molar-refractivity contribution in [1.82, 2.24) is 14.7 Å². The number of halogens is 1. The molecule has 0 atom stereocenters. The van der Waals surface area contributed by atoms with Gasteiger partial charge in [-0.05, 0) is 25.1 Å². The van der Waals surface area contributed by atoms with E-state index in [-0.39, 0.29) is 11.4 Å². The Labute approximate surface area is 129 Å². The van der Waals surface area contributed by atoms with Gasteiger partial charge >= 0.3 is 0 Å². The second-order valence-corrected chi connectivity index (χ2v) is 6.73. The molecule has 22 heavy (non-hydrogen) atoms. The Balaban J connectivity index is 2.19. The van der Waals surface area contributed by atoms with Crippen molar-refractivity contribution in [2.24, 2.45) is 0 Å². The third-order valence-corrected chi connectivity index (χ3v) is 4.27. The van der Waals surface area contributed by atoms with E-state index >= 15 is 0 Å². The van der Waals surface area contributed by atoms with Gasteiger partial charge in [-0.1, -0.05) is 6.07 Å². The second kappa shape index (κ2) is 6.37. The molecule has 0 amide bonds. The molecule has 8 heteroatoms. The summed E-state index contributed by atoms with van der Waals surface area (Å²) in [6.07, 6.45) is 0. The average Bonchev–Trinajstić information content (AvgIpc) is 2.45. The maximum absolute atomic E-state index is 13.1. The fourth-order valence-electron chi connectivity index (χ4n) is 1.80. The topological polar surface area (TPSA) is 75.2 Å². The van der Waals surface area contributed by atoms with Crippen LogP contribution in [0.5, 0.6) is 0 Å². The summed E-state index contributed by atoms with van der Waals surface area (Å²) in [5.74, 6) is 0.431. The molecule has 0 spiro atoms. The number of nitrogens with zero attached hydrogens (tertiary/aromatic N) is 3. The summed E-state index contributed by atoms with van der Waals surface area (Å²) in [6.45, 7) is 1.74. The number of rotatable bonds is 5. The smallest absolute Gasteiger partial charge is 0.241 e. The van der Waals surface area contributed by atoms with Crippen LogP contribution in [-0.2, 0) is 16.6 Å². The van der Waals surface area contributed by atoms with Crippen LogP contribution in [-0.4, -0.2) is 32.5 Å². The number of hydrogen-bond acceptors (Lipinski definition) is 5. The van der Waals surface area contributed by atoms with Gasteiger partial charge in [0.15, 0.2) is 0 Å². The molecule has 0 aliphatic rings. The molecule has 0 aliphatic carbocycles. The highest BCUT2D eigenvalue weighted by molar-refractivity contribution is 7.89. The molecule has 0 fully saturated rings. The third kappa shape index (κ3) is 3.99. The van der Waals surface area contributed by atoms with Gasteiger partial charge in [-0.3, -0.25) is 0 Å². The quantitative estimate of drug-likeness (QED) is 0.901. The highest BCUT2D eigenvalue weighted by Gasteiger charge is 2.15. The molecule has 2 aromatic rings. The van der Waals surface area contributed by atoms with Gasteiger partial charge < -0.3 is 4.90 Å². The van der Waals surface area contributed by atoms with Crippen molar-refractivity contribution >= 4 is 15.8 Å². The van der Waals surface area contributed by atoms with Crippen LogP contribution in [0.4, 0.5) is 10.2 Å². The Morgan fingerprint density at radius 2 is 1.95 bits per heavy atom. The molecule has 2 rings (SSSR count). The number of aryl methyl sites for hydroxylation is 1. The standard InChI is InChI=1S/C14H17FN4O2S/c1-10-7-14(19(2)3)18-13(17-10)9-16-22(20,21)12-6-4-5-11(15)8-12/h4-8,16H,9H2,1-3H3. The minimum Gasteiger partial charge on any atom is -0.363 e. The van der Waals surface area contributed by atoms with Crippen LogP contribution < -0.4 is 9.62 Å². The highest BCUT2D eigenvalue weighted by atomic mass is 32.2. The lowest BCUT2D eigenvalue weighted by molar-refractivity contribution is 0.575. The summed E-state index contributed by atoms with van der Waals surface area (Å²) in [4.78, 5) is 10.1. The molecule has 0 saturated heterocycles. The number of benzene rings is 1. The van der Waals surface area contributed by atoms with E-state index in [0.717, 1.165) is 11.8 Å². The maximum Gasteiger partial charge on any atom is 0.241 e. The fourth-order valence-corrected chi connectivity index (χ4v) is 2.81. The summed E-state index contributed by atoms with van der Waals surface area (Å²) < 4.78 is 39.7. The zero-order chi connectivity index (χ0) is 16.3. The van der Waals surface area contributed by atoms with Gasteiger partial charge in [-0.15, -0.1) is 0 Å². The molecule has 1 heterocycles. The Kier molecular flexibility index (Phi) is 4.72. The molecular weight excluding hydrogens is 307 g/mol. The molecule has 1 aromatic heterocycles. The largest absolute Gasteiger partial charge is 0.363 e. The fraction of sp³-hybridized carbons (Fsp3) is 0.286. The Bertz CT molecular complexity index is 778. The summed E-state index contributed by atoms with van der Waals surface area (Å²) in [7, 11) is -0.139. The van der Waals surface area contributed by atoms with E-state index in [1.807, 2.05) is 14.1 Å². The summed E-state index contributed by atoms with van der Waals surface area (Å²) in [5.41, 5.74) is 0.735. The van der Waals surface area contributed by atoms with Crippen molar-refractivity contribution in [3.8, 4) is 0 Å². The first kappa shape index (κ1) is 16.3. The first-order valence-corrected chi connectivity index (χ1v) is 8.03. The van der Waals surface area contributed by atoms with Crippen LogP contribution in [0.3, 0.4) is 0 Å². The lowest BCUT2D eigenvalue weighted by atomic mass is 10.4. The van der Waals surface area contributed by atoms with Crippen LogP contribution in [0, 0.1) is 12.7 Å². The van der Waals surface area contributed by atoms with Gasteiger partial charge in [0.25, 0.3) is 0 Å². The molecule has 6 nitrogen and oxygen atoms in total. The first-order chi connectivity index (χ1) is 10.3. The zero-order valence-corrected chi connectivity index (χ0v) is 13.4. The maximum atomic E-state index is 13.1.